The summed E-state index contributed by atoms with van der Waals surface area (Å²) in [6, 6.07) is 16.2. The molecule has 0 bridgehead atoms. The van der Waals surface area contributed by atoms with E-state index < -0.39 is 0 Å². The Morgan fingerprint density at radius 2 is 1.86 bits per heavy atom. The molecule has 1 amide bonds. The van der Waals surface area contributed by atoms with Gasteiger partial charge in [0.1, 0.15) is 5.75 Å². The molecule has 1 unspecified atom stereocenters. The number of fused-ring (bicyclic) bond motifs is 1. The van der Waals surface area contributed by atoms with E-state index in [0.29, 0.717) is 18.2 Å². The fraction of sp³-hybridized carbons (Fsp3) is 0.333. The first kappa shape index (κ1) is 19.2. The van der Waals surface area contributed by atoms with Gasteiger partial charge in [-0.3, -0.25) is 9.48 Å². The van der Waals surface area contributed by atoms with Gasteiger partial charge < -0.3 is 10.1 Å². The summed E-state index contributed by atoms with van der Waals surface area (Å²) in [7, 11) is 1.68. The van der Waals surface area contributed by atoms with Crippen molar-refractivity contribution >= 4 is 5.91 Å². The van der Waals surface area contributed by atoms with Crippen LogP contribution in [-0.4, -0.2) is 22.8 Å². The number of rotatable bonds is 6. The maximum atomic E-state index is 12.7. The minimum atomic E-state index is -0.154. The molecule has 2 aromatic carbocycles. The molecule has 1 aliphatic heterocycles. The van der Waals surface area contributed by atoms with Crippen molar-refractivity contribution in [2.45, 2.75) is 39.8 Å². The molecule has 1 aromatic heterocycles. The minimum Gasteiger partial charge on any atom is -0.496 e. The molecule has 3 aromatic rings. The van der Waals surface area contributed by atoms with E-state index in [1.165, 1.54) is 5.56 Å². The van der Waals surface area contributed by atoms with E-state index >= 15 is 0 Å². The minimum absolute atomic E-state index is 0.102. The summed E-state index contributed by atoms with van der Waals surface area (Å²) in [5, 5.41) is 7.86. The van der Waals surface area contributed by atoms with E-state index in [0.717, 1.165) is 34.6 Å². The van der Waals surface area contributed by atoms with E-state index in [2.05, 4.69) is 50.4 Å². The number of carbonyl (C=O) groups excluding carboxylic acids is 1. The van der Waals surface area contributed by atoms with Crippen molar-refractivity contribution in [3.05, 3.63) is 82.2 Å². The Hall–Kier alpha value is -3.08. The molecule has 4 rings (SSSR count). The maximum Gasteiger partial charge on any atom is 0.272 e. The summed E-state index contributed by atoms with van der Waals surface area (Å²) in [4.78, 5) is 12.7. The number of para-hydroxylation sites is 1. The van der Waals surface area contributed by atoms with Crippen LogP contribution in [-0.2, 0) is 13.0 Å². The van der Waals surface area contributed by atoms with Crippen molar-refractivity contribution in [1.82, 2.24) is 15.1 Å². The van der Waals surface area contributed by atoms with Crippen LogP contribution in [0.25, 0.3) is 0 Å². The lowest BCUT2D eigenvalue weighted by molar-refractivity contribution is 0.0954. The smallest absolute Gasteiger partial charge is 0.272 e. The second-order valence-corrected chi connectivity index (χ2v) is 8.09. The summed E-state index contributed by atoms with van der Waals surface area (Å²) in [6.07, 6.45) is 0.856. The van der Waals surface area contributed by atoms with Crippen molar-refractivity contribution in [3.8, 4) is 5.75 Å². The first-order valence-electron chi connectivity index (χ1n) is 10.1. The molecule has 1 aliphatic rings. The molecule has 0 fully saturated rings. The predicted octanol–water partition coefficient (Wildman–Crippen LogP) is 4.28. The van der Waals surface area contributed by atoms with Crippen LogP contribution in [0.1, 0.15) is 58.3 Å². The lowest BCUT2D eigenvalue weighted by atomic mass is 9.95. The highest BCUT2D eigenvalue weighted by Gasteiger charge is 2.37. The molecule has 0 saturated carbocycles. The van der Waals surface area contributed by atoms with Gasteiger partial charge in [-0.2, -0.15) is 5.10 Å². The standard InChI is InChI=1S/C24H27N3O2/c1-15(2)13-19-21-22(17-11-9-16(3)10-12-17)25-24(28)23(21)26-27(19)14-18-7-5-6-8-20(18)29-4/h5-12,15,22H,13-14H2,1-4H3,(H,25,28). The molecule has 0 aliphatic carbocycles. The number of nitrogens with one attached hydrogen (secondary N) is 1. The molecule has 0 radical (unpaired) electrons. The summed E-state index contributed by atoms with van der Waals surface area (Å²) >= 11 is 0. The van der Waals surface area contributed by atoms with Gasteiger partial charge in [0.15, 0.2) is 5.69 Å². The number of amides is 1. The van der Waals surface area contributed by atoms with Crippen LogP contribution < -0.4 is 10.1 Å². The van der Waals surface area contributed by atoms with Crippen LogP contribution in [0.2, 0.25) is 0 Å². The number of carbonyl (C=O) groups is 1. The quantitative estimate of drug-likeness (QED) is 0.685. The summed E-state index contributed by atoms with van der Waals surface area (Å²) < 4.78 is 7.51. The predicted molar refractivity (Wildman–Crippen MR) is 113 cm³/mol. The fourth-order valence-electron chi connectivity index (χ4n) is 3.99. The zero-order valence-electron chi connectivity index (χ0n) is 17.4. The first-order valence-corrected chi connectivity index (χ1v) is 10.1. The third kappa shape index (κ3) is 3.65. The number of nitrogens with zero attached hydrogens (tertiary/aromatic N) is 2. The van der Waals surface area contributed by atoms with Crippen molar-refractivity contribution < 1.29 is 9.53 Å². The molecule has 1 atom stereocenters. The number of hydrogen-bond donors (Lipinski definition) is 1. The second kappa shape index (κ2) is 7.74. The number of aryl methyl sites for hydroxylation is 1. The average Bonchev–Trinajstić information content (AvgIpc) is 3.20. The number of benzene rings is 2. The van der Waals surface area contributed by atoms with Gasteiger partial charge in [-0.25, -0.2) is 0 Å². The Balaban J connectivity index is 1.80. The van der Waals surface area contributed by atoms with Crippen molar-refractivity contribution in [3.63, 3.8) is 0 Å². The Morgan fingerprint density at radius 3 is 2.55 bits per heavy atom. The molecule has 5 nitrogen and oxygen atoms in total. The molecular formula is C24H27N3O2. The first-order chi connectivity index (χ1) is 14.0. The molecule has 2 heterocycles. The summed E-state index contributed by atoms with van der Waals surface area (Å²) in [5.74, 6) is 1.18. The van der Waals surface area contributed by atoms with E-state index in [1.807, 2.05) is 28.9 Å². The Kier molecular flexibility index (Phi) is 5.14. The van der Waals surface area contributed by atoms with E-state index in [1.54, 1.807) is 7.11 Å². The highest BCUT2D eigenvalue weighted by molar-refractivity contribution is 5.98. The van der Waals surface area contributed by atoms with Crippen LogP contribution in [0.15, 0.2) is 48.5 Å². The molecule has 0 saturated heterocycles. The van der Waals surface area contributed by atoms with Gasteiger partial charge >= 0.3 is 0 Å². The van der Waals surface area contributed by atoms with Crippen LogP contribution in [0.5, 0.6) is 5.75 Å². The van der Waals surface area contributed by atoms with Crippen LogP contribution in [0.3, 0.4) is 0 Å². The van der Waals surface area contributed by atoms with Crippen LogP contribution in [0.4, 0.5) is 0 Å². The molecule has 150 valence electrons. The lowest BCUT2D eigenvalue weighted by Gasteiger charge is -2.18. The average molecular weight is 389 g/mol. The van der Waals surface area contributed by atoms with Crippen LogP contribution in [0, 0.1) is 12.8 Å². The van der Waals surface area contributed by atoms with E-state index in [9.17, 15) is 4.79 Å². The summed E-state index contributed by atoms with van der Waals surface area (Å²) in [5.41, 5.74) is 6.01. The fourth-order valence-corrected chi connectivity index (χ4v) is 3.99. The molecular weight excluding hydrogens is 362 g/mol. The number of hydrogen-bond acceptors (Lipinski definition) is 3. The Labute approximate surface area is 171 Å². The normalized spacial score (nSPS) is 15.5. The van der Waals surface area contributed by atoms with E-state index in [-0.39, 0.29) is 11.9 Å². The SMILES string of the molecule is COc1ccccc1Cn1nc2c(c1CC(C)C)C(c1ccc(C)cc1)NC2=O. The highest BCUT2D eigenvalue weighted by Crippen LogP contribution is 2.35. The van der Waals surface area contributed by atoms with Crippen LogP contribution >= 0.6 is 0 Å². The van der Waals surface area contributed by atoms with Gasteiger partial charge in [0, 0.05) is 16.8 Å². The second-order valence-electron chi connectivity index (χ2n) is 8.09. The Bertz CT molecular complexity index is 1030. The van der Waals surface area contributed by atoms with Gasteiger partial charge in [-0.15, -0.1) is 0 Å². The molecule has 1 N–H and O–H groups in total. The zero-order valence-corrected chi connectivity index (χ0v) is 17.4. The lowest BCUT2D eigenvalue weighted by Crippen LogP contribution is -2.23. The largest absolute Gasteiger partial charge is 0.496 e. The van der Waals surface area contributed by atoms with Crippen molar-refractivity contribution in [2.75, 3.05) is 7.11 Å². The van der Waals surface area contributed by atoms with E-state index in [4.69, 9.17) is 9.84 Å². The Morgan fingerprint density at radius 1 is 1.14 bits per heavy atom. The van der Waals surface area contributed by atoms with Gasteiger partial charge in [-0.1, -0.05) is 61.9 Å². The number of aromatic nitrogens is 2. The third-order valence-corrected chi connectivity index (χ3v) is 5.40. The monoisotopic (exact) mass is 389 g/mol. The maximum absolute atomic E-state index is 12.7. The summed E-state index contributed by atoms with van der Waals surface area (Å²) in [6.45, 7) is 7.03. The van der Waals surface area contributed by atoms with Gasteiger partial charge in [0.05, 0.1) is 19.7 Å². The zero-order chi connectivity index (χ0) is 20.5. The number of methoxy groups -OCH3 is 1. The molecule has 29 heavy (non-hydrogen) atoms. The third-order valence-electron chi connectivity index (χ3n) is 5.40. The van der Waals surface area contributed by atoms with Crippen molar-refractivity contribution in [2.24, 2.45) is 5.92 Å². The topological polar surface area (TPSA) is 56.1 Å². The van der Waals surface area contributed by atoms with Gasteiger partial charge in [0.25, 0.3) is 5.91 Å². The van der Waals surface area contributed by atoms with Crippen molar-refractivity contribution in [1.29, 1.82) is 0 Å². The van der Waals surface area contributed by atoms with Gasteiger partial charge in [0.2, 0.25) is 0 Å². The molecule has 5 heteroatoms. The van der Waals surface area contributed by atoms with Gasteiger partial charge in [-0.05, 0) is 30.9 Å². The highest BCUT2D eigenvalue weighted by atomic mass is 16.5. The molecule has 0 spiro atoms. The number of ether oxygens (including phenoxy) is 1.